The van der Waals surface area contributed by atoms with E-state index in [4.69, 9.17) is 0 Å². The van der Waals surface area contributed by atoms with Crippen molar-refractivity contribution in [3.05, 3.63) is 21.9 Å². The Bertz CT molecular complexity index is 742. The minimum Gasteiger partial charge on any atom is -0.363 e. The Balaban J connectivity index is 1.86. The van der Waals surface area contributed by atoms with Crippen LogP contribution in [0.15, 0.2) is 6.20 Å². The zero-order chi connectivity index (χ0) is 16.6. The summed E-state index contributed by atoms with van der Waals surface area (Å²) in [7, 11) is 0. The van der Waals surface area contributed by atoms with Crippen LogP contribution in [-0.2, 0) is 11.3 Å². The van der Waals surface area contributed by atoms with E-state index in [0.29, 0.717) is 29.7 Å². The molecule has 23 heavy (non-hydrogen) atoms. The van der Waals surface area contributed by atoms with E-state index in [0.717, 1.165) is 9.88 Å². The van der Waals surface area contributed by atoms with Gasteiger partial charge in [-0.05, 0) is 19.8 Å². The van der Waals surface area contributed by atoms with Crippen LogP contribution in [-0.4, -0.2) is 26.9 Å². The van der Waals surface area contributed by atoms with Gasteiger partial charge in [0, 0.05) is 11.1 Å². The number of nitrogens with one attached hydrogen (secondary N) is 3. The molecule has 1 amide bonds. The number of aromatic nitrogens is 3. The van der Waals surface area contributed by atoms with Crippen molar-refractivity contribution < 1.29 is 4.79 Å². The first-order chi connectivity index (χ1) is 10.9. The van der Waals surface area contributed by atoms with Crippen LogP contribution in [0.1, 0.15) is 29.6 Å². The fourth-order valence-electron chi connectivity index (χ4n) is 2.46. The van der Waals surface area contributed by atoms with Gasteiger partial charge in [0.05, 0.1) is 11.6 Å². The van der Waals surface area contributed by atoms with Crippen molar-refractivity contribution in [3.63, 3.8) is 0 Å². The summed E-state index contributed by atoms with van der Waals surface area (Å²) in [5.74, 6) is 2.06. The molecular weight excluding hydrogens is 312 g/mol. The molecular formula is C15H20N6OS. The molecule has 2 aromatic rings. The molecule has 2 aromatic heterocycles. The van der Waals surface area contributed by atoms with E-state index in [-0.39, 0.29) is 17.9 Å². The lowest BCUT2D eigenvalue weighted by Crippen LogP contribution is -2.43. The lowest BCUT2D eigenvalue weighted by atomic mass is 10.0. The quantitative estimate of drug-likeness (QED) is 0.797. The second-order valence-electron chi connectivity index (χ2n) is 5.90. The number of fused-ring (bicyclic) bond motifs is 1. The molecule has 0 bridgehead atoms. The van der Waals surface area contributed by atoms with Crippen molar-refractivity contribution in [2.75, 3.05) is 16.0 Å². The molecule has 8 heteroatoms. The highest BCUT2D eigenvalue weighted by Crippen LogP contribution is 2.33. The molecule has 0 fully saturated rings. The molecule has 1 atom stereocenters. The van der Waals surface area contributed by atoms with Gasteiger partial charge in [-0.1, -0.05) is 13.8 Å². The topological polar surface area (TPSA) is 91.8 Å². The van der Waals surface area contributed by atoms with Gasteiger partial charge in [-0.25, -0.2) is 15.0 Å². The molecule has 0 saturated carbocycles. The fourth-order valence-corrected chi connectivity index (χ4v) is 3.20. The summed E-state index contributed by atoms with van der Waals surface area (Å²) in [6.07, 6.45) is 1.85. The highest BCUT2D eigenvalue weighted by atomic mass is 32.1. The number of nitrogens with zero attached hydrogens (tertiary/aromatic N) is 3. The third-order valence-electron chi connectivity index (χ3n) is 3.61. The Morgan fingerprint density at radius 3 is 2.78 bits per heavy atom. The largest absolute Gasteiger partial charge is 0.363 e. The van der Waals surface area contributed by atoms with Gasteiger partial charge in [0.2, 0.25) is 5.91 Å². The Morgan fingerprint density at radius 2 is 2.13 bits per heavy atom. The summed E-state index contributed by atoms with van der Waals surface area (Å²) in [5.41, 5.74) is 0.610. The summed E-state index contributed by atoms with van der Waals surface area (Å²) < 4.78 is 0. The molecule has 3 heterocycles. The minimum absolute atomic E-state index is 0.0587. The standard InChI is InChI=1S/C15H20N6OS/c1-7(2)11-15(22)21-12-13(18-8(3)19-14(12)20-11)17-6-10-5-16-9(4)23-10/h5,7,11H,6H2,1-4H3,(H,21,22)(H2,17,18,19,20). The van der Waals surface area contributed by atoms with Gasteiger partial charge in [-0.15, -0.1) is 11.3 Å². The zero-order valence-corrected chi connectivity index (χ0v) is 14.4. The molecule has 0 saturated heterocycles. The summed E-state index contributed by atoms with van der Waals surface area (Å²) in [5, 5.41) is 10.4. The van der Waals surface area contributed by atoms with Gasteiger partial charge in [0.15, 0.2) is 11.6 Å². The molecule has 122 valence electrons. The maximum Gasteiger partial charge on any atom is 0.247 e. The van der Waals surface area contributed by atoms with E-state index in [1.165, 1.54) is 0 Å². The van der Waals surface area contributed by atoms with Crippen LogP contribution < -0.4 is 16.0 Å². The number of amides is 1. The van der Waals surface area contributed by atoms with Gasteiger partial charge < -0.3 is 16.0 Å². The number of carbonyl (C=O) groups excluding carboxylic acids is 1. The summed E-state index contributed by atoms with van der Waals surface area (Å²) in [6, 6.07) is -0.284. The predicted octanol–water partition coefficient (Wildman–Crippen LogP) is 2.55. The molecule has 0 spiro atoms. The molecule has 1 aliphatic heterocycles. The number of aryl methyl sites for hydroxylation is 2. The van der Waals surface area contributed by atoms with Crippen molar-refractivity contribution in [2.45, 2.75) is 40.3 Å². The molecule has 3 N–H and O–H groups in total. The van der Waals surface area contributed by atoms with Gasteiger partial charge in [0.1, 0.15) is 17.6 Å². The Kier molecular flexibility index (Phi) is 4.16. The number of thiazole rings is 1. The summed E-state index contributed by atoms with van der Waals surface area (Å²) >= 11 is 1.63. The number of carbonyl (C=O) groups is 1. The molecule has 1 unspecified atom stereocenters. The van der Waals surface area contributed by atoms with Crippen molar-refractivity contribution >= 4 is 34.6 Å². The lowest BCUT2D eigenvalue weighted by molar-refractivity contribution is -0.117. The third kappa shape index (κ3) is 3.26. The fraction of sp³-hybridized carbons (Fsp3) is 0.467. The van der Waals surface area contributed by atoms with Gasteiger partial charge in [-0.2, -0.15) is 0 Å². The number of hydrogen-bond acceptors (Lipinski definition) is 7. The molecule has 0 radical (unpaired) electrons. The number of anilines is 3. The second-order valence-corrected chi connectivity index (χ2v) is 7.22. The normalized spacial score (nSPS) is 16.7. The molecule has 1 aliphatic rings. The minimum atomic E-state index is -0.284. The van der Waals surface area contributed by atoms with E-state index >= 15 is 0 Å². The van der Waals surface area contributed by atoms with E-state index in [1.807, 2.05) is 33.9 Å². The molecule has 3 rings (SSSR count). The van der Waals surface area contributed by atoms with Crippen molar-refractivity contribution in [3.8, 4) is 0 Å². The maximum absolute atomic E-state index is 12.2. The highest BCUT2D eigenvalue weighted by Gasteiger charge is 2.31. The first kappa shape index (κ1) is 15.7. The first-order valence-corrected chi connectivity index (χ1v) is 8.37. The smallest absolute Gasteiger partial charge is 0.247 e. The van der Waals surface area contributed by atoms with Crippen molar-refractivity contribution in [2.24, 2.45) is 5.92 Å². The number of rotatable bonds is 4. The maximum atomic E-state index is 12.2. The van der Waals surface area contributed by atoms with Crippen LogP contribution in [0.2, 0.25) is 0 Å². The average Bonchev–Trinajstić information content (AvgIpc) is 2.90. The predicted molar refractivity (Wildman–Crippen MR) is 91.8 cm³/mol. The van der Waals surface area contributed by atoms with Gasteiger partial charge in [-0.3, -0.25) is 4.79 Å². The molecule has 0 aromatic carbocycles. The van der Waals surface area contributed by atoms with Crippen LogP contribution >= 0.6 is 11.3 Å². The number of hydrogen-bond donors (Lipinski definition) is 3. The monoisotopic (exact) mass is 332 g/mol. The van der Waals surface area contributed by atoms with Crippen LogP contribution in [0.4, 0.5) is 17.3 Å². The Morgan fingerprint density at radius 1 is 1.35 bits per heavy atom. The Hall–Kier alpha value is -2.22. The first-order valence-electron chi connectivity index (χ1n) is 7.55. The van der Waals surface area contributed by atoms with E-state index in [2.05, 4.69) is 30.9 Å². The SMILES string of the molecule is Cc1nc(NCc2cnc(C)s2)c2c(n1)NC(C(C)C)C(=O)N2. The van der Waals surface area contributed by atoms with E-state index in [1.54, 1.807) is 11.3 Å². The lowest BCUT2D eigenvalue weighted by Gasteiger charge is -2.29. The summed E-state index contributed by atoms with van der Waals surface area (Å²) in [6.45, 7) is 8.42. The average molecular weight is 332 g/mol. The van der Waals surface area contributed by atoms with Gasteiger partial charge >= 0.3 is 0 Å². The Labute approximate surface area is 139 Å². The van der Waals surface area contributed by atoms with Crippen LogP contribution in [0, 0.1) is 19.8 Å². The highest BCUT2D eigenvalue weighted by molar-refractivity contribution is 7.11. The van der Waals surface area contributed by atoms with Crippen LogP contribution in [0.5, 0.6) is 0 Å². The summed E-state index contributed by atoms with van der Waals surface area (Å²) in [4.78, 5) is 26.4. The molecule has 0 aliphatic carbocycles. The van der Waals surface area contributed by atoms with Crippen LogP contribution in [0.25, 0.3) is 0 Å². The second kappa shape index (κ2) is 6.11. The molecule has 7 nitrogen and oxygen atoms in total. The van der Waals surface area contributed by atoms with Crippen LogP contribution in [0.3, 0.4) is 0 Å². The zero-order valence-electron chi connectivity index (χ0n) is 13.6. The van der Waals surface area contributed by atoms with Gasteiger partial charge in [0.25, 0.3) is 0 Å². The third-order valence-corrected chi connectivity index (χ3v) is 4.52. The van der Waals surface area contributed by atoms with E-state index in [9.17, 15) is 4.79 Å². The van der Waals surface area contributed by atoms with Crippen molar-refractivity contribution in [1.29, 1.82) is 0 Å². The van der Waals surface area contributed by atoms with Crippen molar-refractivity contribution in [1.82, 2.24) is 15.0 Å². The van der Waals surface area contributed by atoms with E-state index < -0.39 is 0 Å².